The van der Waals surface area contributed by atoms with Crippen LogP contribution in [0.2, 0.25) is 0 Å². The van der Waals surface area contributed by atoms with Crippen molar-refractivity contribution in [3.63, 3.8) is 0 Å². The zero-order valence-corrected chi connectivity index (χ0v) is 23.2. The van der Waals surface area contributed by atoms with E-state index in [0.29, 0.717) is 37.8 Å². The lowest BCUT2D eigenvalue weighted by molar-refractivity contribution is -0.144. The molecule has 4 saturated heterocycles. The summed E-state index contributed by atoms with van der Waals surface area (Å²) in [5, 5.41) is 8.74. The van der Waals surface area contributed by atoms with Crippen LogP contribution in [0.25, 0.3) is 0 Å². The van der Waals surface area contributed by atoms with Crippen LogP contribution in [-0.2, 0) is 30.5 Å². The standard InChI is InChI=1S/C29H39N5O6/c1-17(30-2)25(35)32-22-9-4-3-8-20-10-11-23(34(20)28(22)38)26(36)31-16-18-6-5-7-19(14-18)27(37)33-13-12-21-15-24(33)29(39)40-21/h5-7,14,17,20-24,30H,3-4,8-13,15-16H2,1-2H3,(H,31,36)(H,32,35)/t17-,20-,21?,22-,23-,24-/m0/s1. The number of piperidine rings is 1. The predicted octanol–water partition coefficient (Wildman–Crippen LogP) is 0.859. The Morgan fingerprint density at radius 1 is 1.07 bits per heavy atom. The fraction of sp³-hybridized carbons (Fsp3) is 0.621. The lowest BCUT2D eigenvalue weighted by atomic mass is 9.98. The number of hydrogen-bond donors (Lipinski definition) is 3. The molecule has 11 heteroatoms. The maximum Gasteiger partial charge on any atom is 0.329 e. The second-order valence-corrected chi connectivity index (χ2v) is 11.4. The number of amides is 4. The van der Waals surface area contributed by atoms with E-state index in [1.807, 2.05) is 6.07 Å². The van der Waals surface area contributed by atoms with E-state index in [1.165, 1.54) is 0 Å². The zero-order valence-electron chi connectivity index (χ0n) is 23.2. The molecule has 0 aliphatic carbocycles. The Balaban J connectivity index is 1.23. The van der Waals surface area contributed by atoms with Gasteiger partial charge >= 0.3 is 5.97 Å². The largest absolute Gasteiger partial charge is 0.461 e. The van der Waals surface area contributed by atoms with Crippen LogP contribution in [0, 0.1) is 0 Å². The third kappa shape index (κ3) is 5.70. The van der Waals surface area contributed by atoms with Gasteiger partial charge in [-0.15, -0.1) is 0 Å². The number of hydrogen-bond acceptors (Lipinski definition) is 7. The smallest absolute Gasteiger partial charge is 0.329 e. The summed E-state index contributed by atoms with van der Waals surface area (Å²) in [6.45, 7) is 2.42. The molecule has 0 radical (unpaired) electrons. The van der Waals surface area contributed by atoms with Crippen molar-refractivity contribution in [1.29, 1.82) is 0 Å². The Kier molecular flexibility index (Phi) is 8.39. The van der Waals surface area contributed by atoms with Crippen LogP contribution in [-0.4, -0.2) is 89.3 Å². The van der Waals surface area contributed by atoms with E-state index in [1.54, 1.807) is 42.0 Å². The number of esters is 1. The highest BCUT2D eigenvalue weighted by Gasteiger charge is 2.45. The third-order valence-corrected chi connectivity index (χ3v) is 8.79. The fourth-order valence-electron chi connectivity index (χ4n) is 6.39. The highest BCUT2D eigenvalue weighted by molar-refractivity contribution is 5.98. The van der Waals surface area contributed by atoms with Crippen molar-refractivity contribution in [2.24, 2.45) is 0 Å². The molecule has 2 bridgehead atoms. The van der Waals surface area contributed by atoms with Crippen molar-refractivity contribution in [2.75, 3.05) is 13.6 Å². The number of benzene rings is 1. The summed E-state index contributed by atoms with van der Waals surface area (Å²) in [7, 11) is 1.69. The van der Waals surface area contributed by atoms with Gasteiger partial charge in [0.2, 0.25) is 17.7 Å². The minimum Gasteiger partial charge on any atom is -0.461 e. The number of nitrogens with one attached hydrogen (secondary N) is 3. The van der Waals surface area contributed by atoms with E-state index >= 15 is 0 Å². The number of likely N-dealkylation sites (tertiary alicyclic amines) is 1. The maximum absolute atomic E-state index is 13.6. The van der Waals surface area contributed by atoms with Gasteiger partial charge in [-0.1, -0.05) is 25.0 Å². The monoisotopic (exact) mass is 553 g/mol. The van der Waals surface area contributed by atoms with Crippen molar-refractivity contribution in [3.05, 3.63) is 35.4 Å². The van der Waals surface area contributed by atoms with Gasteiger partial charge in [-0.2, -0.15) is 0 Å². The normalized spacial score (nSPS) is 28.7. The van der Waals surface area contributed by atoms with Crippen molar-refractivity contribution in [1.82, 2.24) is 25.8 Å². The van der Waals surface area contributed by atoms with Crippen molar-refractivity contribution < 1.29 is 28.7 Å². The number of carbonyl (C=O) groups excluding carboxylic acids is 5. The molecule has 3 N–H and O–H groups in total. The molecule has 4 amide bonds. The number of rotatable bonds is 7. The van der Waals surface area contributed by atoms with Crippen molar-refractivity contribution in [3.8, 4) is 0 Å². The van der Waals surface area contributed by atoms with E-state index < -0.39 is 24.2 Å². The average Bonchev–Trinajstić information content (AvgIpc) is 3.51. The van der Waals surface area contributed by atoms with Crippen LogP contribution in [0.5, 0.6) is 0 Å². The second-order valence-electron chi connectivity index (χ2n) is 11.4. The molecular weight excluding hydrogens is 514 g/mol. The Morgan fingerprint density at radius 2 is 1.88 bits per heavy atom. The lowest BCUT2D eigenvalue weighted by Crippen LogP contribution is -2.57. The first-order valence-electron chi connectivity index (χ1n) is 14.4. The van der Waals surface area contributed by atoms with Crippen LogP contribution >= 0.6 is 0 Å². The second kappa shape index (κ2) is 12.0. The first kappa shape index (κ1) is 28.1. The third-order valence-electron chi connectivity index (χ3n) is 8.79. The van der Waals surface area contributed by atoms with Crippen LogP contribution in [0.3, 0.4) is 0 Å². The zero-order chi connectivity index (χ0) is 28.4. The quantitative estimate of drug-likeness (QED) is 0.426. The van der Waals surface area contributed by atoms with Crippen molar-refractivity contribution >= 4 is 29.6 Å². The highest BCUT2D eigenvalue weighted by Crippen LogP contribution is 2.32. The van der Waals surface area contributed by atoms with Crippen molar-refractivity contribution in [2.45, 2.75) is 101 Å². The number of carbonyl (C=O) groups is 5. The molecule has 4 aliphatic rings. The summed E-state index contributed by atoms with van der Waals surface area (Å²) in [5.41, 5.74) is 1.21. The Hall–Kier alpha value is -3.47. The number of nitrogens with zero attached hydrogens (tertiary/aromatic N) is 2. The molecule has 6 atom stereocenters. The molecule has 1 unspecified atom stereocenters. The number of likely N-dealkylation sites (N-methyl/N-ethyl adjacent to an activating group) is 1. The molecule has 1 aromatic rings. The molecule has 0 aromatic heterocycles. The Bertz CT molecular complexity index is 1170. The predicted molar refractivity (Wildman–Crippen MR) is 145 cm³/mol. The maximum atomic E-state index is 13.6. The number of fused-ring (bicyclic) bond motifs is 3. The molecule has 0 saturated carbocycles. The van der Waals surface area contributed by atoms with Gasteiger partial charge in [0.15, 0.2) is 0 Å². The minimum atomic E-state index is -0.649. The first-order chi connectivity index (χ1) is 19.3. The molecule has 5 rings (SSSR count). The van der Waals surface area contributed by atoms with Crippen LogP contribution < -0.4 is 16.0 Å². The molecule has 4 heterocycles. The summed E-state index contributed by atoms with van der Waals surface area (Å²) in [6.07, 6.45) is 5.59. The van der Waals surface area contributed by atoms with Gasteiger partial charge in [0.1, 0.15) is 24.2 Å². The van der Waals surface area contributed by atoms with Gasteiger partial charge < -0.3 is 30.5 Å². The van der Waals surface area contributed by atoms with E-state index in [9.17, 15) is 24.0 Å². The number of ether oxygens (including phenoxy) is 1. The van der Waals surface area contributed by atoms with Gasteiger partial charge in [0.25, 0.3) is 5.91 Å². The van der Waals surface area contributed by atoms with Gasteiger partial charge in [0, 0.05) is 37.5 Å². The molecule has 216 valence electrons. The lowest BCUT2D eigenvalue weighted by Gasteiger charge is -2.35. The molecule has 40 heavy (non-hydrogen) atoms. The van der Waals surface area contributed by atoms with Gasteiger partial charge in [-0.3, -0.25) is 19.2 Å². The molecule has 1 aromatic carbocycles. The van der Waals surface area contributed by atoms with Crippen LogP contribution in [0.1, 0.15) is 74.2 Å². The summed E-state index contributed by atoms with van der Waals surface area (Å²) in [5.74, 6) is -1.23. The molecule has 4 fully saturated rings. The molecular formula is C29H39N5O6. The summed E-state index contributed by atoms with van der Waals surface area (Å²) < 4.78 is 5.31. The highest BCUT2D eigenvalue weighted by atomic mass is 16.6. The van der Waals surface area contributed by atoms with E-state index in [0.717, 1.165) is 31.2 Å². The summed E-state index contributed by atoms with van der Waals surface area (Å²) >= 11 is 0. The van der Waals surface area contributed by atoms with Crippen LogP contribution in [0.15, 0.2) is 24.3 Å². The van der Waals surface area contributed by atoms with Gasteiger partial charge in [-0.05, 0) is 57.4 Å². The topological polar surface area (TPSA) is 137 Å². The minimum absolute atomic E-state index is 0.0166. The average molecular weight is 554 g/mol. The van der Waals surface area contributed by atoms with Crippen LogP contribution in [0.4, 0.5) is 0 Å². The van der Waals surface area contributed by atoms with E-state index in [-0.39, 0.29) is 48.3 Å². The first-order valence-corrected chi connectivity index (χ1v) is 14.4. The van der Waals surface area contributed by atoms with E-state index in [2.05, 4.69) is 16.0 Å². The van der Waals surface area contributed by atoms with E-state index in [4.69, 9.17) is 4.74 Å². The fourth-order valence-corrected chi connectivity index (χ4v) is 6.39. The van der Waals surface area contributed by atoms with Gasteiger partial charge in [-0.25, -0.2) is 4.79 Å². The Morgan fingerprint density at radius 3 is 2.67 bits per heavy atom. The molecule has 4 aliphatic heterocycles. The molecule has 11 nitrogen and oxygen atoms in total. The Labute approximate surface area is 234 Å². The van der Waals surface area contributed by atoms with Gasteiger partial charge in [0.05, 0.1) is 6.04 Å². The summed E-state index contributed by atoms with van der Waals surface area (Å²) in [6, 6.07) is 4.83. The summed E-state index contributed by atoms with van der Waals surface area (Å²) in [4.78, 5) is 68.1. The molecule has 0 spiro atoms. The SMILES string of the molecule is CN[C@@H](C)C(=O)N[C@H]1CCCC[C@H]2CC[C@@H](C(=O)NCc3cccc(C(=O)N4CCC5C[C@H]4C(=O)O5)c3)N2C1=O.